The smallest absolute Gasteiger partial charge is 0.310 e. The Bertz CT molecular complexity index is 307. The Morgan fingerprint density at radius 3 is 3.00 bits per heavy atom. The maximum atomic E-state index is 12.4. The third kappa shape index (κ3) is 2.99. The summed E-state index contributed by atoms with van der Waals surface area (Å²) in [5.74, 6) is 1.27. The number of hydrogen-bond donors (Lipinski definition) is 1. The van der Waals surface area contributed by atoms with Gasteiger partial charge in [0, 0.05) is 12.4 Å². The van der Waals surface area contributed by atoms with Crippen LogP contribution in [0.1, 0.15) is 31.6 Å². The normalized spacial score (nSPS) is 16.2. The van der Waals surface area contributed by atoms with Crippen LogP contribution >= 0.6 is 0 Å². The number of hydrogen-bond acceptors (Lipinski definition) is 2. The lowest BCUT2D eigenvalue weighted by Crippen LogP contribution is -2.18. The summed E-state index contributed by atoms with van der Waals surface area (Å²) in [5, 5.41) is 3.14. The summed E-state index contributed by atoms with van der Waals surface area (Å²) >= 11 is 0. The van der Waals surface area contributed by atoms with Crippen LogP contribution in [0.5, 0.6) is 0 Å². The fourth-order valence-corrected chi connectivity index (χ4v) is 1.57. The Hall–Kier alpha value is -0.970. The molecule has 3 nitrogen and oxygen atoms in total. The Morgan fingerprint density at radius 1 is 1.53 bits per heavy atom. The Kier molecular flexibility index (Phi) is 3.30. The molecule has 1 aliphatic carbocycles. The number of rotatable bonds is 6. The molecule has 0 radical (unpaired) electrons. The van der Waals surface area contributed by atoms with Crippen LogP contribution in [0, 0.1) is 5.92 Å². The summed E-state index contributed by atoms with van der Waals surface area (Å²) < 4.78 is 25.7. The van der Waals surface area contributed by atoms with Crippen LogP contribution in [0.2, 0.25) is 0 Å². The third-order valence-electron chi connectivity index (χ3n) is 2.67. The van der Waals surface area contributed by atoms with E-state index in [0.717, 1.165) is 23.5 Å². The Balaban J connectivity index is 1.73. The van der Waals surface area contributed by atoms with Gasteiger partial charge in [0.25, 0.3) is 0 Å². The maximum absolute atomic E-state index is 12.4. The first kappa shape index (κ1) is 10.5. The van der Waals surface area contributed by atoms with Gasteiger partial charge < -0.3 is 5.32 Å². The zero-order valence-corrected chi connectivity index (χ0v) is 8.50. The molecule has 1 aliphatic rings. The molecule has 1 aromatic rings. The van der Waals surface area contributed by atoms with Gasteiger partial charge in [0.2, 0.25) is 0 Å². The van der Waals surface area contributed by atoms with Crippen molar-refractivity contribution in [3.8, 4) is 0 Å². The number of aromatic nitrogens is 2. The molecule has 0 atom stereocenters. The van der Waals surface area contributed by atoms with Gasteiger partial charge >= 0.3 is 6.55 Å². The van der Waals surface area contributed by atoms with Crippen LogP contribution in [0.4, 0.5) is 8.78 Å². The van der Waals surface area contributed by atoms with Crippen LogP contribution in [0.15, 0.2) is 12.4 Å². The lowest BCUT2D eigenvalue weighted by molar-refractivity contribution is 0.0666. The molecule has 0 saturated heterocycles. The molecule has 1 heterocycles. The van der Waals surface area contributed by atoms with E-state index in [0.29, 0.717) is 12.4 Å². The minimum absolute atomic E-state index is 0.404. The summed E-state index contributed by atoms with van der Waals surface area (Å²) in [5.41, 5.74) is 0. The summed E-state index contributed by atoms with van der Waals surface area (Å²) in [4.78, 5) is 3.89. The van der Waals surface area contributed by atoms with Gasteiger partial charge in [0.1, 0.15) is 5.82 Å². The van der Waals surface area contributed by atoms with Crippen molar-refractivity contribution in [3.05, 3.63) is 18.2 Å². The Labute approximate surface area is 87.5 Å². The van der Waals surface area contributed by atoms with E-state index >= 15 is 0 Å². The first-order valence-electron chi connectivity index (χ1n) is 5.28. The summed E-state index contributed by atoms with van der Waals surface area (Å²) in [7, 11) is 0. The predicted octanol–water partition coefficient (Wildman–Crippen LogP) is 2.17. The van der Waals surface area contributed by atoms with Crippen LogP contribution in [-0.4, -0.2) is 16.1 Å². The van der Waals surface area contributed by atoms with Crippen molar-refractivity contribution in [2.75, 3.05) is 6.54 Å². The van der Waals surface area contributed by atoms with E-state index in [9.17, 15) is 8.78 Å². The zero-order valence-electron chi connectivity index (χ0n) is 8.50. The van der Waals surface area contributed by atoms with E-state index in [1.54, 1.807) is 0 Å². The highest BCUT2D eigenvalue weighted by molar-refractivity contribution is 4.92. The van der Waals surface area contributed by atoms with Crippen molar-refractivity contribution in [2.24, 2.45) is 5.92 Å². The van der Waals surface area contributed by atoms with E-state index in [-0.39, 0.29) is 0 Å². The molecular formula is C10H15F2N3. The first-order chi connectivity index (χ1) is 7.27. The standard InChI is InChI=1S/C10H15F2N3/c11-10(12)15-6-5-14-9(15)7-13-4-3-8-1-2-8/h5-6,8,10,13H,1-4,7H2. The van der Waals surface area contributed by atoms with Gasteiger partial charge in [0.05, 0.1) is 6.54 Å². The summed E-state index contributed by atoms with van der Waals surface area (Å²) in [6, 6.07) is 0. The largest absolute Gasteiger partial charge is 0.319 e. The average molecular weight is 215 g/mol. The molecule has 0 aromatic carbocycles. The second-order valence-electron chi connectivity index (χ2n) is 3.94. The summed E-state index contributed by atoms with van der Waals surface area (Å²) in [6.07, 6.45) is 6.52. The van der Waals surface area contributed by atoms with Gasteiger partial charge in [0.15, 0.2) is 0 Å². The zero-order chi connectivity index (χ0) is 10.7. The molecule has 84 valence electrons. The summed E-state index contributed by atoms with van der Waals surface area (Å²) in [6.45, 7) is -1.18. The lowest BCUT2D eigenvalue weighted by Gasteiger charge is -2.07. The maximum Gasteiger partial charge on any atom is 0.319 e. The highest BCUT2D eigenvalue weighted by Crippen LogP contribution is 2.31. The molecule has 1 saturated carbocycles. The first-order valence-corrected chi connectivity index (χ1v) is 5.28. The predicted molar refractivity (Wildman–Crippen MR) is 52.5 cm³/mol. The number of nitrogens with zero attached hydrogens (tertiary/aromatic N) is 2. The van der Waals surface area contributed by atoms with Gasteiger partial charge in [-0.3, -0.25) is 4.57 Å². The fourth-order valence-electron chi connectivity index (χ4n) is 1.57. The molecule has 0 amide bonds. The Morgan fingerprint density at radius 2 is 2.33 bits per heavy atom. The van der Waals surface area contributed by atoms with E-state index < -0.39 is 6.55 Å². The number of imidazole rings is 1. The van der Waals surface area contributed by atoms with Crippen molar-refractivity contribution >= 4 is 0 Å². The van der Waals surface area contributed by atoms with Gasteiger partial charge in [-0.05, 0) is 18.9 Å². The number of nitrogens with one attached hydrogen (secondary N) is 1. The molecule has 2 rings (SSSR count). The molecular weight excluding hydrogens is 200 g/mol. The van der Waals surface area contributed by atoms with Crippen molar-refractivity contribution in [1.82, 2.24) is 14.9 Å². The second-order valence-corrected chi connectivity index (χ2v) is 3.94. The van der Waals surface area contributed by atoms with Crippen molar-refractivity contribution in [2.45, 2.75) is 32.4 Å². The number of halogens is 2. The van der Waals surface area contributed by atoms with Crippen molar-refractivity contribution in [3.63, 3.8) is 0 Å². The molecule has 15 heavy (non-hydrogen) atoms. The van der Waals surface area contributed by atoms with Crippen LogP contribution in [0.25, 0.3) is 0 Å². The van der Waals surface area contributed by atoms with Crippen molar-refractivity contribution < 1.29 is 8.78 Å². The van der Waals surface area contributed by atoms with Gasteiger partial charge in [-0.1, -0.05) is 12.8 Å². The van der Waals surface area contributed by atoms with Gasteiger partial charge in [-0.15, -0.1) is 0 Å². The molecule has 1 fully saturated rings. The van der Waals surface area contributed by atoms with E-state index in [1.807, 2.05) is 0 Å². The molecule has 0 spiro atoms. The minimum atomic E-state index is -2.49. The monoisotopic (exact) mass is 215 g/mol. The molecule has 0 aliphatic heterocycles. The average Bonchev–Trinajstić information content (AvgIpc) is 2.90. The van der Waals surface area contributed by atoms with E-state index in [1.165, 1.54) is 25.2 Å². The number of alkyl halides is 2. The highest BCUT2D eigenvalue weighted by Gasteiger charge is 2.20. The molecule has 1 N–H and O–H groups in total. The molecule has 5 heteroatoms. The highest BCUT2D eigenvalue weighted by atomic mass is 19.3. The van der Waals surface area contributed by atoms with E-state index in [4.69, 9.17) is 0 Å². The topological polar surface area (TPSA) is 29.9 Å². The molecule has 0 unspecified atom stereocenters. The third-order valence-corrected chi connectivity index (χ3v) is 2.67. The quantitative estimate of drug-likeness (QED) is 0.737. The van der Waals surface area contributed by atoms with Crippen LogP contribution in [0.3, 0.4) is 0 Å². The van der Waals surface area contributed by atoms with E-state index in [2.05, 4.69) is 10.3 Å². The van der Waals surface area contributed by atoms with Gasteiger partial charge in [-0.2, -0.15) is 8.78 Å². The minimum Gasteiger partial charge on any atom is -0.310 e. The molecule has 1 aromatic heterocycles. The lowest BCUT2D eigenvalue weighted by atomic mass is 10.3. The fraction of sp³-hybridized carbons (Fsp3) is 0.700. The SMILES string of the molecule is FC(F)n1ccnc1CNCCC1CC1. The van der Waals surface area contributed by atoms with Crippen LogP contribution < -0.4 is 5.32 Å². The second kappa shape index (κ2) is 4.70. The van der Waals surface area contributed by atoms with Gasteiger partial charge in [-0.25, -0.2) is 4.98 Å². The molecule has 0 bridgehead atoms. The van der Waals surface area contributed by atoms with Crippen LogP contribution in [-0.2, 0) is 6.54 Å². The van der Waals surface area contributed by atoms with Crippen molar-refractivity contribution in [1.29, 1.82) is 0 Å².